The van der Waals surface area contributed by atoms with Crippen LogP contribution in [-0.4, -0.2) is 35.1 Å². The zero-order chi connectivity index (χ0) is 17.5. The fourth-order valence-electron chi connectivity index (χ4n) is 2.37. The summed E-state index contributed by atoms with van der Waals surface area (Å²) in [4.78, 5) is 32.1. The molecule has 0 atom stereocenters. The number of carbonyl (C=O) groups excluding carboxylic acids is 2. The van der Waals surface area contributed by atoms with E-state index >= 15 is 0 Å². The van der Waals surface area contributed by atoms with Crippen molar-refractivity contribution in [3.63, 3.8) is 0 Å². The molecule has 2 aromatic heterocycles. The van der Waals surface area contributed by atoms with Crippen LogP contribution in [-0.2, 0) is 9.53 Å². The molecular formula is C16H20N3O4S-. The number of esters is 1. The summed E-state index contributed by atoms with van der Waals surface area (Å²) in [6.07, 6.45) is 3.78. The Hall–Kier alpha value is -2.22. The number of carboxylic acid groups (broad SMARTS) is 1. The van der Waals surface area contributed by atoms with E-state index < -0.39 is 5.97 Å². The lowest BCUT2D eigenvalue weighted by Gasteiger charge is -2.07. The maximum Gasteiger partial charge on any atom is 0.348 e. The second-order valence-electron chi connectivity index (χ2n) is 5.29. The molecule has 8 heteroatoms. The fraction of sp³-hybridized carbons (Fsp3) is 0.500. The Bertz CT molecular complexity index is 729. The number of fused-ring (bicyclic) bond motifs is 1. The summed E-state index contributed by atoms with van der Waals surface area (Å²) in [5.74, 6) is -0.670. The van der Waals surface area contributed by atoms with Crippen LogP contribution in [0.4, 0.5) is 5.82 Å². The molecule has 0 bridgehead atoms. The Labute approximate surface area is 144 Å². The Morgan fingerprint density at radius 3 is 2.79 bits per heavy atom. The maximum absolute atomic E-state index is 12.0. The molecule has 0 saturated carbocycles. The number of nitrogens with zero attached hydrogens (tertiary/aromatic N) is 2. The summed E-state index contributed by atoms with van der Waals surface area (Å²) >= 11 is 1.30. The molecule has 0 radical (unpaired) electrons. The van der Waals surface area contributed by atoms with Gasteiger partial charge in [-0.3, -0.25) is 0 Å². The van der Waals surface area contributed by atoms with Crippen LogP contribution in [0.1, 0.15) is 47.8 Å². The van der Waals surface area contributed by atoms with Gasteiger partial charge in [-0.2, -0.15) is 0 Å². The molecule has 0 spiro atoms. The van der Waals surface area contributed by atoms with Gasteiger partial charge in [0.15, 0.2) is 0 Å². The first kappa shape index (κ1) is 18.1. The third-order valence-electron chi connectivity index (χ3n) is 3.54. The summed E-state index contributed by atoms with van der Waals surface area (Å²) in [7, 11) is 0. The van der Waals surface area contributed by atoms with Gasteiger partial charge in [-0.1, -0.05) is 6.42 Å². The van der Waals surface area contributed by atoms with Crippen LogP contribution < -0.4 is 10.4 Å². The minimum absolute atomic E-state index is 0.0876. The third-order valence-corrected chi connectivity index (χ3v) is 4.72. The quantitative estimate of drug-likeness (QED) is 0.544. The predicted molar refractivity (Wildman–Crippen MR) is 90.1 cm³/mol. The number of nitrogens with one attached hydrogen (secondary N) is 1. The van der Waals surface area contributed by atoms with Crippen LogP contribution in [0.5, 0.6) is 0 Å². The lowest BCUT2D eigenvalue weighted by Crippen LogP contribution is -2.21. The number of anilines is 1. The van der Waals surface area contributed by atoms with Gasteiger partial charge >= 0.3 is 5.97 Å². The van der Waals surface area contributed by atoms with Crippen molar-refractivity contribution in [2.45, 2.75) is 39.5 Å². The number of aryl methyl sites for hydroxylation is 1. The first-order chi connectivity index (χ1) is 11.5. The number of aliphatic carboxylic acids is 1. The second-order valence-corrected chi connectivity index (χ2v) is 6.29. The van der Waals surface area contributed by atoms with Crippen molar-refractivity contribution in [1.29, 1.82) is 0 Å². The minimum Gasteiger partial charge on any atom is -0.550 e. The number of hydrogen-bond acceptors (Lipinski definition) is 8. The van der Waals surface area contributed by atoms with E-state index in [-0.39, 0.29) is 12.4 Å². The SMILES string of the molecule is CCOC(=O)c1sc2ncnc(NCCCCCC(=O)[O-])c2c1C. The molecule has 2 aromatic rings. The van der Waals surface area contributed by atoms with E-state index in [4.69, 9.17) is 4.74 Å². The van der Waals surface area contributed by atoms with Crippen LogP contribution in [0, 0.1) is 6.92 Å². The summed E-state index contributed by atoms with van der Waals surface area (Å²) in [6.45, 7) is 4.63. The molecule has 0 aromatic carbocycles. The normalized spacial score (nSPS) is 10.8. The topological polar surface area (TPSA) is 104 Å². The van der Waals surface area contributed by atoms with E-state index in [1.807, 2.05) is 6.92 Å². The number of carboxylic acids is 1. The van der Waals surface area contributed by atoms with Crippen molar-refractivity contribution in [2.24, 2.45) is 0 Å². The van der Waals surface area contributed by atoms with E-state index in [0.717, 1.165) is 28.6 Å². The lowest BCUT2D eigenvalue weighted by atomic mass is 10.2. The van der Waals surface area contributed by atoms with Gasteiger partial charge in [-0.15, -0.1) is 11.3 Å². The van der Waals surface area contributed by atoms with E-state index in [9.17, 15) is 14.7 Å². The Morgan fingerprint density at radius 1 is 1.29 bits per heavy atom. The number of unbranched alkanes of at least 4 members (excludes halogenated alkanes) is 2. The highest BCUT2D eigenvalue weighted by molar-refractivity contribution is 7.20. The van der Waals surface area contributed by atoms with Crippen LogP contribution in [0.2, 0.25) is 0 Å². The van der Waals surface area contributed by atoms with Gasteiger partial charge in [-0.05, 0) is 38.7 Å². The highest BCUT2D eigenvalue weighted by Crippen LogP contribution is 2.33. The van der Waals surface area contributed by atoms with Crippen LogP contribution in [0.15, 0.2) is 6.33 Å². The first-order valence-electron chi connectivity index (χ1n) is 7.89. The summed E-state index contributed by atoms with van der Waals surface area (Å²) < 4.78 is 5.07. The largest absolute Gasteiger partial charge is 0.550 e. The highest BCUT2D eigenvalue weighted by Gasteiger charge is 2.19. The van der Waals surface area contributed by atoms with Crippen molar-refractivity contribution in [2.75, 3.05) is 18.5 Å². The minimum atomic E-state index is -1.01. The van der Waals surface area contributed by atoms with E-state index in [1.54, 1.807) is 6.92 Å². The molecular weight excluding hydrogens is 330 g/mol. The number of rotatable bonds is 9. The molecule has 0 fully saturated rings. The highest BCUT2D eigenvalue weighted by atomic mass is 32.1. The van der Waals surface area contributed by atoms with Crippen LogP contribution in [0.3, 0.4) is 0 Å². The number of aromatic nitrogens is 2. The molecule has 0 saturated heterocycles. The van der Waals surface area contributed by atoms with Gasteiger partial charge in [0.05, 0.1) is 12.0 Å². The summed E-state index contributed by atoms with van der Waals surface area (Å²) in [6, 6.07) is 0. The van der Waals surface area contributed by atoms with Crippen molar-refractivity contribution < 1.29 is 19.4 Å². The van der Waals surface area contributed by atoms with Crippen LogP contribution in [0.25, 0.3) is 10.2 Å². The fourth-order valence-corrected chi connectivity index (χ4v) is 3.42. The molecule has 2 heterocycles. The lowest BCUT2D eigenvalue weighted by molar-refractivity contribution is -0.305. The third kappa shape index (κ3) is 4.41. The molecule has 24 heavy (non-hydrogen) atoms. The van der Waals surface area contributed by atoms with E-state index in [0.29, 0.717) is 30.3 Å². The average molecular weight is 350 g/mol. The second kappa shape index (κ2) is 8.58. The number of ether oxygens (including phenoxy) is 1. The molecule has 2 rings (SSSR count). The summed E-state index contributed by atoms with van der Waals surface area (Å²) in [5.41, 5.74) is 0.813. The molecule has 7 nitrogen and oxygen atoms in total. The standard InChI is InChI=1S/C16H21N3O4S/c1-3-23-16(22)13-10(2)12-14(18-9-19-15(12)24-13)17-8-6-4-5-7-11(20)21/h9H,3-8H2,1-2H3,(H,20,21)(H,17,18,19)/p-1. The monoisotopic (exact) mass is 350 g/mol. The van der Waals surface area contributed by atoms with Gasteiger partial charge < -0.3 is 20.0 Å². The van der Waals surface area contributed by atoms with Gasteiger partial charge in [0.2, 0.25) is 0 Å². The Morgan fingerprint density at radius 2 is 2.08 bits per heavy atom. The molecule has 1 N–H and O–H groups in total. The van der Waals surface area contributed by atoms with Gasteiger partial charge in [-0.25, -0.2) is 14.8 Å². The number of hydrogen-bond donors (Lipinski definition) is 1. The van der Waals surface area contributed by atoms with Gasteiger partial charge in [0.1, 0.15) is 21.9 Å². The predicted octanol–water partition coefficient (Wildman–Crippen LogP) is 1.90. The van der Waals surface area contributed by atoms with E-state index in [1.165, 1.54) is 17.7 Å². The van der Waals surface area contributed by atoms with Crippen molar-refractivity contribution >= 4 is 39.3 Å². The van der Waals surface area contributed by atoms with Crippen LogP contribution >= 0.6 is 11.3 Å². The molecule has 0 aliphatic carbocycles. The van der Waals surface area contributed by atoms with E-state index in [2.05, 4.69) is 15.3 Å². The van der Waals surface area contributed by atoms with Gasteiger partial charge in [0.25, 0.3) is 0 Å². The molecule has 0 amide bonds. The number of thiophene rings is 1. The maximum atomic E-state index is 12.0. The zero-order valence-electron chi connectivity index (χ0n) is 13.8. The molecule has 0 unspecified atom stereocenters. The van der Waals surface area contributed by atoms with Gasteiger partial charge in [0, 0.05) is 12.5 Å². The smallest absolute Gasteiger partial charge is 0.348 e. The zero-order valence-corrected chi connectivity index (χ0v) is 14.6. The molecule has 130 valence electrons. The number of carbonyl (C=O) groups is 2. The van der Waals surface area contributed by atoms with Crippen molar-refractivity contribution in [3.8, 4) is 0 Å². The first-order valence-corrected chi connectivity index (χ1v) is 8.71. The summed E-state index contributed by atoms with van der Waals surface area (Å²) in [5, 5.41) is 14.4. The van der Waals surface area contributed by atoms with Crippen molar-refractivity contribution in [1.82, 2.24) is 9.97 Å². The molecule has 0 aliphatic heterocycles. The molecule has 0 aliphatic rings. The van der Waals surface area contributed by atoms with Crippen molar-refractivity contribution in [3.05, 3.63) is 16.8 Å². The Balaban J connectivity index is 2.05. The Kier molecular flexibility index (Phi) is 6.48. The average Bonchev–Trinajstić information content (AvgIpc) is 2.88.